The molecule has 0 saturated carbocycles. The molecule has 2 rings (SSSR count). The maximum atomic E-state index is 6.25. The van der Waals surface area contributed by atoms with Crippen LogP contribution >= 0.6 is 0 Å². The SMILES string of the molecule is CC(C)CO[Si](C#Cc1ccccc1)(C#Cc1ccccc1)OCC(C)C. The molecule has 0 aliphatic carbocycles. The summed E-state index contributed by atoms with van der Waals surface area (Å²) in [7, 11) is -3.01. The molecule has 0 bridgehead atoms. The Morgan fingerprint density at radius 3 is 1.37 bits per heavy atom. The largest absolute Gasteiger partial charge is 0.511 e. The summed E-state index contributed by atoms with van der Waals surface area (Å²) >= 11 is 0. The molecule has 140 valence electrons. The molecule has 27 heavy (non-hydrogen) atoms. The van der Waals surface area contributed by atoms with Crippen molar-refractivity contribution >= 4 is 8.56 Å². The zero-order valence-electron chi connectivity index (χ0n) is 16.7. The molecular weight excluding hydrogens is 348 g/mol. The van der Waals surface area contributed by atoms with E-state index in [0.29, 0.717) is 25.0 Å². The van der Waals surface area contributed by atoms with Crippen LogP contribution < -0.4 is 0 Å². The molecule has 0 heterocycles. The van der Waals surface area contributed by atoms with Gasteiger partial charge in [-0.3, -0.25) is 0 Å². The normalized spacial score (nSPS) is 10.9. The molecule has 2 nitrogen and oxygen atoms in total. The molecule has 2 aromatic rings. The van der Waals surface area contributed by atoms with E-state index in [4.69, 9.17) is 8.85 Å². The highest BCUT2D eigenvalue weighted by molar-refractivity contribution is 6.83. The molecule has 0 radical (unpaired) electrons. The zero-order valence-corrected chi connectivity index (χ0v) is 17.7. The Morgan fingerprint density at radius 1 is 0.667 bits per heavy atom. The molecule has 0 amide bonds. The monoisotopic (exact) mass is 376 g/mol. The number of rotatable bonds is 6. The van der Waals surface area contributed by atoms with E-state index in [1.807, 2.05) is 60.7 Å². The molecule has 0 atom stereocenters. The van der Waals surface area contributed by atoms with Gasteiger partial charge < -0.3 is 8.85 Å². The van der Waals surface area contributed by atoms with Gasteiger partial charge in [-0.05, 0) is 36.1 Å². The molecule has 3 heteroatoms. The summed E-state index contributed by atoms with van der Waals surface area (Å²) in [5.74, 6) is 7.23. The third-order valence-corrected chi connectivity index (χ3v) is 5.58. The molecular formula is C24H28O2Si. The van der Waals surface area contributed by atoms with Crippen molar-refractivity contribution < 1.29 is 8.85 Å². The molecule has 0 unspecified atom stereocenters. The van der Waals surface area contributed by atoms with Crippen LogP contribution in [0.2, 0.25) is 0 Å². The number of hydrogen-bond donors (Lipinski definition) is 0. The molecule has 0 fully saturated rings. The smallest absolute Gasteiger partial charge is 0.376 e. The third-order valence-electron chi connectivity index (χ3n) is 3.53. The fraction of sp³-hybridized carbons (Fsp3) is 0.333. The lowest BCUT2D eigenvalue weighted by Gasteiger charge is -2.22. The quantitative estimate of drug-likeness (QED) is 0.524. The minimum atomic E-state index is -3.01. The summed E-state index contributed by atoms with van der Waals surface area (Å²) in [5, 5.41) is 0. The molecule has 0 aromatic heterocycles. The molecule has 2 aromatic carbocycles. The lowest BCUT2D eigenvalue weighted by atomic mass is 10.2. The van der Waals surface area contributed by atoms with Crippen molar-refractivity contribution in [2.75, 3.05) is 13.2 Å². The summed E-state index contributed by atoms with van der Waals surface area (Å²) < 4.78 is 12.5. The van der Waals surface area contributed by atoms with Crippen molar-refractivity contribution in [2.24, 2.45) is 11.8 Å². The van der Waals surface area contributed by atoms with Gasteiger partial charge in [-0.1, -0.05) is 87.0 Å². The van der Waals surface area contributed by atoms with Crippen LogP contribution in [0.15, 0.2) is 60.7 Å². The topological polar surface area (TPSA) is 18.5 Å². The highest BCUT2D eigenvalue weighted by Crippen LogP contribution is 2.12. The minimum Gasteiger partial charge on any atom is -0.376 e. The van der Waals surface area contributed by atoms with Crippen molar-refractivity contribution in [3.05, 3.63) is 71.8 Å². The van der Waals surface area contributed by atoms with E-state index in [-0.39, 0.29) is 0 Å². The van der Waals surface area contributed by atoms with E-state index in [1.165, 1.54) is 0 Å². The van der Waals surface area contributed by atoms with Gasteiger partial charge in [0.15, 0.2) is 0 Å². The van der Waals surface area contributed by atoms with E-state index in [0.717, 1.165) is 11.1 Å². The van der Waals surface area contributed by atoms with Gasteiger partial charge in [0.2, 0.25) is 0 Å². The third kappa shape index (κ3) is 7.85. The molecule has 0 saturated heterocycles. The van der Waals surface area contributed by atoms with Gasteiger partial charge in [0, 0.05) is 24.3 Å². The maximum absolute atomic E-state index is 6.25. The van der Waals surface area contributed by atoms with Gasteiger partial charge in [0.05, 0.1) is 0 Å². The van der Waals surface area contributed by atoms with E-state index in [1.54, 1.807) is 0 Å². The van der Waals surface area contributed by atoms with Crippen molar-refractivity contribution in [2.45, 2.75) is 27.7 Å². The number of hydrogen-bond acceptors (Lipinski definition) is 2. The first kappa shape index (κ1) is 21.0. The summed E-state index contributed by atoms with van der Waals surface area (Å²) in [6, 6.07) is 19.8. The minimum absolute atomic E-state index is 0.386. The Kier molecular flexibility index (Phi) is 8.36. The summed E-state index contributed by atoms with van der Waals surface area (Å²) in [4.78, 5) is 0. The second kappa shape index (κ2) is 10.8. The Morgan fingerprint density at radius 2 is 1.04 bits per heavy atom. The maximum Gasteiger partial charge on any atom is 0.511 e. The van der Waals surface area contributed by atoms with Gasteiger partial charge in [-0.15, -0.1) is 0 Å². The van der Waals surface area contributed by atoms with Gasteiger partial charge in [-0.25, -0.2) is 0 Å². The average molecular weight is 377 g/mol. The Bertz CT molecular complexity index is 734. The second-order valence-electron chi connectivity index (χ2n) is 7.26. The first-order chi connectivity index (χ1) is 13.0. The average Bonchev–Trinajstić information content (AvgIpc) is 2.68. The fourth-order valence-corrected chi connectivity index (χ4v) is 4.33. The van der Waals surface area contributed by atoms with E-state index in [9.17, 15) is 0 Å². The van der Waals surface area contributed by atoms with Crippen molar-refractivity contribution in [3.63, 3.8) is 0 Å². The Hall–Kier alpha value is -2.30. The van der Waals surface area contributed by atoms with Crippen LogP contribution in [0.1, 0.15) is 38.8 Å². The molecule has 0 spiro atoms. The summed E-state index contributed by atoms with van der Waals surface area (Å²) in [6.45, 7) is 9.65. The predicted octanol–water partition coefficient (Wildman–Crippen LogP) is 4.96. The van der Waals surface area contributed by atoms with Crippen LogP contribution in [0.3, 0.4) is 0 Å². The lowest BCUT2D eigenvalue weighted by Crippen LogP contribution is -2.42. The summed E-state index contributed by atoms with van der Waals surface area (Å²) in [5.41, 5.74) is 8.49. The van der Waals surface area contributed by atoms with Crippen LogP contribution in [0.4, 0.5) is 0 Å². The van der Waals surface area contributed by atoms with Crippen LogP contribution in [0, 0.1) is 34.8 Å². The Balaban J connectivity index is 2.41. The van der Waals surface area contributed by atoms with E-state index >= 15 is 0 Å². The fourth-order valence-electron chi connectivity index (χ4n) is 2.14. The van der Waals surface area contributed by atoms with Gasteiger partial charge >= 0.3 is 8.56 Å². The van der Waals surface area contributed by atoms with Gasteiger partial charge in [-0.2, -0.15) is 0 Å². The molecule has 0 aliphatic heterocycles. The van der Waals surface area contributed by atoms with Crippen LogP contribution in [0.5, 0.6) is 0 Å². The van der Waals surface area contributed by atoms with Crippen molar-refractivity contribution in [1.29, 1.82) is 0 Å². The Labute approximate surface area is 165 Å². The lowest BCUT2D eigenvalue weighted by molar-refractivity contribution is 0.160. The highest BCUT2D eigenvalue weighted by atomic mass is 28.4. The van der Waals surface area contributed by atoms with Crippen LogP contribution in [-0.2, 0) is 8.85 Å². The van der Waals surface area contributed by atoms with E-state index in [2.05, 4.69) is 50.6 Å². The zero-order chi connectivity index (χ0) is 19.5. The van der Waals surface area contributed by atoms with Gasteiger partial charge in [0.1, 0.15) is 0 Å². The standard InChI is InChI=1S/C24H28O2Si/c1-21(2)19-25-27(26-20-22(3)4,17-15-23-11-7-5-8-12-23)18-16-24-13-9-6-10-14-24/h5-14,21-22H,19-20H2,1-4H3. The first-order valence-electron chi connectivity index (χ1n) is 9.43. The summed E-state index contributed by atoms with van der Waals surface area (Å²) in [6.07, 6.45) is 0. The van der Waals surface area contributed by atoms with Crippen LogP contribution in [0.25, 0.3) is 0 Å². The predicted molar refractivity (Wildman–Crippen MR) is 114 cm³/mol. The van der Waals surface area contributed by atoms with Crippen LogP contribution in [-0.4, -0.2) is 21.8 Å². The van der Waals surface area contributed by atoms with Gasteiger partial charge in [0.25, 0.3) is 0 Å². The second-order valence-corrected chi connectivity index (χ2v) is 9.57. The van der Waals surface area contributed by atoms with Crippen molar-refractivity contribution in [3.8, 4) is 22.9 Å². The first-order valence-corrected chi connectivity index (χ1v) is 11.2. The van der Waals surface area contributed by atoms with E-state index < -0.39 is 8.56 Å². The van der Waals surface area contributed by atoms with Crippen molar-refractivity contribution in [1.82, 2.24) is 0 Å². The number of benzene rings is 2. The molecule has 0 N–H and O–H groups in total. The molecule has 0 aliphatic rings. The highest BCUT2D eigenvalue weighted by Gasteiger charge is 2.36.